The molecule has 0 saturated heterocycles. The van der Waals surface area contributed by atoms with Gasteiger partial charge in [-0.05, 0) is 17.5 Å². The van der Waals surface area contributed by atoms with Gasteiger partial charge in [-0.25, -0.2) is 0 Å². The average molecular weight is 322 g/mol. The molecule has 0 aliphatic heterocycles. The molecule has 0 bridgehead atoms. The predicted octanol–water partition coefficient (Wildman–Crippen LogP) is 3.02. The summed E-state index contributed by atoms with van der Waals surface area (Å²) in [5.74, 6) is -0.184. The standard InChI is InChI=1S/C14H12ClN3O2S/c1-20-4-3-18-13(10(15)8-17-18)14(19)9-6-12-11(16-7-9)2-5-21-12/h2,5-8H,3-4H2,1H3. The Bertz CT molecular complexity index is 796. The maximum atomic E-state index is 12.7. The molecule has 3 heterocycles. The number of rotatable bonds is 5. The number of halogens is 1. The third kappa shape index (κ3) is 2.70. The highest BCUT2D eigenvalue weighted by Gasteiger charge is 2.20. The minimum atomic E-state index is -0.184. The molecular formula is C14H12ClN3O2S. The van der Waals surface area contributed by atoms with Crippen molar-refractivity contribution in [1.29, 1.82) is 0 Å². The second-order valence-corrected chi connectivity index (χ2v) is 5.77. The molecule has 0 atom stereocenters. The van der Waals surface area contributed by atoms with Crippen LogP contribution in [-0.2, 0) is 11.3 Å². The van der Waals surface area contributed by atoms with Crippen LogP contribution in [0, 0.1) is 0 Å². The van der Waals surface area contributed by atoms with E-state index >= 15 is 0 Å². The van der Waals surface area contributed by atoms with Crippen molar-refractivity contribution in [3.8, 4) is 0 Å². The average Bonchev–Trinajstić information content (AvgIpc) is 3.10. The number of ether oxygens (including phenoxy) is 1. The van der Waals surface area contributed by atoms with Crippen LogP contribution in [0.5, 0.6) is 0 Å². The number of carbonyl (C=O) groups is 1. The number of carbonyl (C=O) groups excluding carboxylic acids is 1. The Kier molecular flexibility index (Phi) is 4.01. The molecule has 3 aromatic rings. The fraction of sp³-hybridized carbons (Fsp3) is 0.214. The van der Waals surface area contributed by atoms with Crippen molar-refractivity contribution < 1.29 is 9.53 Å². The van der Waals surface area contributed by atoms with Gasteiger partial charge in [0, 0.05) is 18.9 Å². The van der Waals surface area contributed by atoms with Gasteiger partial charge >= 0.3 is 0 Å². The van der Waals surface area contributed by atoms with Crippen LogP contribution in [0.15, 0.2) is 29.9 Å². The maximum absolute atomic E-state index is 12.7. The Balaban J connectivity index is 1.99. The Hall–Kier alpha value is -1.76. The zero-order valence-corrected chi connectivity index (χ0v) is 12.8. The fourth-order valence-corrected chi connectivity index (χ4v) is 3.05. The second-order valence-electron chi connectivity index (χ2n) is 4.41. The molecule has 0 aromatic carbocycles. The lowest BCUT2D eigenvalue weighted by Crippen LogP contribution is -2.14. The van der Waals surface area contributed by atoms with E-state index in [-0.39, 0.29) is 5.78 Å². The van der Waals surface area contributed by atoms with Crippen LogP contribution in [0.4, 0.5) is 0 Å². The minimum absolute atomic E-state index is 0.184. The zero-order valence-electron chi connectivity index (χ0n) is 11.2. The number of nitrogens with zero attached hydrogens (tertiary/aromatic N) is 3. The van der Waals surface area contributed by atoms with Gasteiger partial charge in [-0.3, -0.25) is 14.5 Å². The van der Waals surface area contributed by atoms with E-state index in [1.807, 2.05) is 17.5 Å². The van der Waals surface area contributed by atoms with Crippen molar-refractivity contribution in [3.05, 3.63) is 46.2 Å². The predicted molar refractivity (Wildman–Crippen MR) is 82.2 cm³/mol. The fourth-order valence-electron chi connectivity index (χ4n) is 2.04. The summed E-state index contributed by atoms with van der Waals surface area (Å²) in [6.07, 6.45) is 3.04. The second kappa shape index (κ2) is 5.93. The molecule has 0 aliphatic carbocycles. The largest absolute Gasteiger partial charge is 0.383 e. The summed E-state index contributed by atoms with van der Waals surface area (Å²) in [5, 5.41) is 6.40. The summed E-state index contributed by atoms with van der Waals surface area (Å²) in [7, 11) is 1.60. The van der Waals surface area contributed by atoms with E-state index < -0.39 is 0 Å². The molecule has 0 saturated carbocycles. The monoisotopic (exact) mass is 321 g/mol. The quantitative estimate of drug-likeness (QED) is 0.678. The number of hydrogen-bond donors (Lipinski definition) is 0. The maximum Gasteiger partial charge on any atom is 0.214 e. The van der Waals surface area contributed by atoms with E-state index in [1.165, 1.54) is 6.20 Å². The lowest BCUT2D eigenvalue weighted by molar-refractivity contribution is 0.102. The van der Waals surface area contributed by atoms with Crippen molar-refractivity contribution >= 4 is 38.9 Å². The van der Waals surface area contributed by atoms with E-state index in [4.69, 9.17) is 16.3 Å². The number of thiophene rings is 1. The van der Waals surface area contributed by atoms with Crippen molar-refractivity contribution in [2.45, 2.75) is 6.54 Å². The number of hydrogen-bond acceptors (Lipinski definition) is 5. The lowest BCUT2D eigenvalue weighted by atomic mass is 10.1. The molecule has 108 valence electrons. The highest BCUT2D eigenvalue weighted by atomic mass is 35.5. The van der Waals surface area contributed by atoms with Crippen LogP contribution in [0.3, 0.4) is 0 Å². The van der Waals surface area contributed by atoms with Crippen LogP contribution in [0.25, 0.3) is 10.2 Å². The highest BCUT2D eigenvalue weighted by molar-refractivity contribution is 7.17. The molecule has 21 heavy (non-hydrogen) atoms. The van der Waals surface area contributed by atoms with E-state index in [0.717, 1.165) is 10.2 Å². The molecule has 3 aromatic heterocycles. The van der Waals surface area contributed by atoms with Gasteiger partial charge in [0.25, 0.3) is 0 Å². The van der Waals surface area contributed by atoms with Crippen LogP contribution >= 0.6 is 22.9 Å². The third-order valence-electron chi connectivity index (χ3n) is 3.08. The molecule has 7 heteroatoms. The molecule has 3 rings (SSSR count). The summed E-state index contributed by atoms with van der Waals surface area (Å²) in [5.41, 5.74) is 1.76. The molecular weight excluding hydrogens is 310 g/mol. The van der Waals surface area contributed by atoms with E-state index in [1.54, 1.807) is 29.3 Å². The number of ketones is 1. The van der Waals surface area contributed by atoms with Crippen molar-refractivity contribution in [3.63, 3.8) is 0 Å². The van der Waals surface area contributed by atoms with Gasteiger partial charge < -0.3 is 4.74 Å². The summed E-state index contributed by atoms with van der Waals surface area (Å²) < 4.78 is 7.55. The van der Waals surface area contributed by atoms with Gasteiger partial charge in [0.15, 0.2) is 0 Å². The highest BCUT2D eigenvalue weighted by Crippen LogP contribution is 2.23. The SMILES string of the molecule is COCCn1ncc(Cl)c1C(=O)c1cnc2ccsc2c1. The zero-order chi connectivity index (χ0) is 14.8. The van der Waals surface area contributed by atoms with E-state index in [9.17, 15) is 4.79 Å². The Labute approximate surface area is 130 Å². The topological polar surface area (TPSA) is 57.0 Å². The van der Waals surface area contributed by atoms with Crippen molar-refractivity contribution in [2.75, 3.05) is 13.7 Å². The first-order valence-electron chi connectivity index (χ1n) is 6.29. The number of fused-ring (bicyclic) bond motifs is 1. The third-order valence-corrected chi connectivity index (χ3v) is 4.21. The number of methoxy groups -OCH3 is 1. The molecule has 0 aliphatic rings. The van der Waals surface area contributed by atoms with Gasteiger partial charge in [0.05, 0.1) is 34.6 Å². The lowest BCUT2D eigenvalue weighted by Gasteiger charge is -2.06. The Morgan fingerprint density at radius 1 is 1.48 bits per heavy atom. The van der Waals surface area contributed by atoms with Gasteiger partial charge in [0.2, 0.25) is 5.78 Å². The molecule has 0 N–H and O–H groups in total. The molecule has 0 amide bonds. The first-order chi connectivity index (χ1) is 10.2. The van der Waals surface area contributed by atoms with Gasteiger partial charge in [-0.1, -0.05) is 11.6 Å². The normalized spacial score (nSPS) is 11.1. The van der Waals surface area contributed by atoms with Crippen LogP contribution in [0.1, 0.15) is 16.1 Å². The van der Waals surface area contributed by atoms with Crippen LogP contribution < -0.4 is 0 Å². The first kappa shape index (κ1) is 14.2. The summed E-state index contributed by atoms with van der Waals surface area (Å²) in [4.78, 5) is 16.9. The number of pyridine rings is 1. The van der Waals surface area contributed by atoms with Crippen molar-refractivity contribution in [2.24, 2.45) is 0 Å². The van der Waals surface area contributed by atoms with Crippen LogP contribution in [-0.4, -0.2) is 34.3 Å². The Morgan fingerprint density at radius 3 is 3.14 bits per heavy atom. The number of aromatic nitrogens is 3. The molecule has 0 spiro atoms. The first-order valence-corrected chi connectivity index (χ1v) is 7.54. The summed E-state index contributed by atoms with van der Waals surface area (Å²) in [6.45, 7) is 0.930. The van der Waals surface area contributed by atoms with Gasteiger partial charge in [-0.2, -0.15) is 5.10 Å². The molecule has 0 radical (unpaired) electrons. The van der Waals surface area contributed by atoms with Gasteiger partial charge in [0.1, 0.15) is 5.69 Å². The molecule has 0 unspecified atom stereocenters. The summed E-state index contributed by atoms with van der Waals surface area (Å²) >= 11 is 7.65. The smallest absolute Gasteiger partial charge is 0.214 e. The van der Waals surface area contributed by atoms with Crippen molar-refractivity contribution in [1.82, 2.24) is 14.8 Å². The molecule has 5 nitrogen and oxygen atoms in total. The van der Waals surface area contributed by atoms with E-state index in [2.05, 4.69) is 10.1 Å². The summed E-state index contributed by atoms with van der Waals surface area (Å²) in [6, 6.07) is 3.75. The minimum Gasteiger partial charge on any atom is -0.383 e. The Morgan fingerprint density at radius 2 is 2.33 bits per heavy atom. The van der Waals surface area contributed by atoms with Crippen LogP contribution in [0.2, 0.25) is 5.02 Å². The van der Waals surface area contributed by atoms with Gasteiger partial charge in [-0.15, -0.1) is 11.3 Å². The van der Waals surface area contributed by atoms with E-state index in [0.29, 0.717) is 29.4 Å². The molecule has 0 fully saturated rings.